The standard InChI is InChI=1S/C45H33NO.C43H31NO.C43H31NS/c1-45(2)40-29-36(25-26-37(40)38-27-28-42-43(44(38)45)39-15-9-10-16-41(39)47-42)46(34-21-17-32(18-22-34)30-11-5-3-6-12-30)35-23-19-33(20-24-35)31-13-7-4-8-14-31;1-43(2)38-27-34(22-23-35(38)36-24-25-40-41(42(36)43)37-14-8-9-15-39(37)45-40)44(32-12-4-3-5-13-32)33-20-18-29(19-21-33)31-17-16-28-10-6-7-11-30(28)26-31;1-43(2)36-17-9-8-15-34(36)40-37(43)25-26-39-41(40)35-16-10-18-38(42(35)45-39)44(32-13-4-3-5-14-32)33-23-21-29(22-24-33)31-20-19-28-11-6-7-12-30(28)27-31/h3-29H,1-2H3;2*3-27H,1-2H3. The zero-order chi connectivity index (χ0) is 91.8. The van der Waals surface area contributed by atoms with Crippen LogP contribution in [-0.4, -0.2) is 0 Å². The van der Waals surface area contributed by atoms with E-state index in [1.165, 1.54) is 180 Å². The van der Waals surface area contributed by atoms with Crippen molar-refractivity contribution in [2.75, 3.05) is 14.7 Å². The van der Waals surface area contributed by atoms with Gasteiger partial charge in [-0.25, -0.2) is 0 Å². The van der Waals surface area contributed by atoms with Gasteiger partial charge in [-0.2, -0.15) is 0 Å². The number of nitrogens with zero attached hydrogens (tertiary/aromatic N) is 3. The summed E-state index contributed by atoms with van der Waals surface area (Å²) in [6, 6.07) is 169. The monoisotopic (exact) mass is 1770 g/mol. The second-order valence-corrected chi connectivity index (χ2v) is 39.2. The van der Waals surface area contributed by atoms with Crippen molar-refractivity contribution in [1.29, 1.82) is 0 Å². The Bertz CT molecular complexity index is 8750. The molecular formula is C131H95N3O2S. The molecule has 21 aromatic carbocycles. The Labute approximate surface area is 802 Å². The molecule has 0 bridgehead atoms. The SMILES string of the molecule is CC1(C)c2cc(N(c3ccc(-c4ccccc4)cc3)c3ccc(-c4ccccc4)cc3)ccc2-c2ccc3oc4ccccc4c3c21.CC1(C)c2cc(N(c3ccccc3)c3ccc(-c4ccc5ccccc5c4)cc3)ccc2-c2ccc3oc4ccccc4c3c21.CC1(C)c2ccccc2-c2c1ccc1sc3c(N(c4ccccc4)c4ccc(-c5ccc6ccccc6c5)cc4)cccc3c21. The lowest BCUT2D eigenvalue weighted by Gasteiger charge is -2.28. The van der Waals surface area contributed by atoms with Gasteiger partial charge in [0.25, 0.3) is 0 Å². The van der Waals surface area contributed by atoms with Crippen molar-refractivity contribution >= 4 is 148 Å². The fraction of sp³-hybridized carbons (Fsp3) is 0.0687. The summed E-state index contributed by atoms with van der Waals surface area (Å²) in [5, 5.41) is 12.6. The molecular weight excluding hydrogens is 1680 g/mol. The lowest BCUT2D eigenvalue weighted by Crippen LogP contribution is -2.17. The van der Waals surface area contributed by atoms with Crippen LogP contribution >= 0.6 is 11.3 Å². The molecule has 3 aliphatic carbocycles. The van der Waals surface area contributed by atoms with E-state index >= 15 is 0 Å². The highest BCUT2D eigenvalue weighted by molar-refractivity contribution is 7.26. The molecule has 0 N–H and O–H groups in total. The van der Waals surface area contributed by atoms with Gasteiger partial charge in [0.15, 0.2) is 0 Å². The van der Waals surface area contributed by atoms with Crippen molar-refractivity contribution in [2.45, 2.75) is 57.8 Å². The Morgan fingerprint density at radius 1 is 0.204 bits per heavy atom. The first kappa shape index (κ1) is 82.3. The Hall–Kier alpha value is -16.6. The number of hydrogen-bond acceptors (Lipinski definition) is 6. The fourth-order valence-corrected chi connectivity index (χ4v) is 23.6. The van der Waals surface area contributed by atoms with E-state index in [0.717, 1.165) is 67.8 Å². The van der Waals surface area contributed by atoms with E-state index in [1.807, 2.05) is 23.5 Å². The molecule has 0 atom stereocenters. The van der Waals surface area contributed by atoms with Gasteiger partial charge in [0.05, 0.1) is 10.4 Å². The van der Waals surface area contributed by atoms with Crippen LogP contribution in [-0.2, 0) is 16.2 Å². The van der Waals surface area contributed by atoms with Gasteiger partial charge in [0.1, 0.15) is 22.3 Å². The van der Waals surface area contributed by atoms with Crippen molar-refractivity contribution in [3.63, 3.8) is 0 Å². The van der Waals surface area contributed by atoms with Crippen molar-refractivity contribution in [1.82, 2.24) is 0 Å². The van der Waals surface area contributed by atoms with E-state index in [0.29, 0.717) is 0 Å². The molecule has 6 heteroatoms. The van der Waals surface area contributed by atoms with Gasteiger partial charge >= 0.3 is 0 Å². The van der Waals surface area contributed by atoms with E-state index < -0.39 is 0 Å². The smallest absolute Gasteiger partial charge is 0.135 e. The van der Waals surface area contributed by atoms with Crippen molar-refractivity contribution in [3.8, 4) is 77.9 Å². The number of benzene rings is 21. The lowest BCUT2D eigenvalue weighted by atomic mass is 9.80. The molecule has 3 aliphatic rings. The summed E-state index contributed by atoms with van der Waals surface area (Å²) in [5.74, 6) is 0. The van der Waals surface area contributed by atoms with E-state index in [4.69, 9.17) is 8.83 Å². The second-order valence-electron chi connectivity index (χ2n) is 38.1. The lowest BCUT2D eigenvalue weighted by molar-refractivity contribution is 0.657. The van der Waals surface area contributed by atoms with Gasteiger partial charge in [-0.05, 0) is 278 Å². The zero-order valence-corrected chi connectivity index (χ0v) is 77.8. The topological polar surface area (TPSA) is 36.0 Å². The summed E-state index contributed by atoms with van der Waals surface area (Å²) in [4.78, 5) is 7.16. The third-order valence-corrected chi connectivity index (χ3v) is 30.3. The average Bonchev–Trinajstić information content (AvgIpc) is 1.53. The quantitative estimate of drug-likeness (QED) is 0.115. The number of furan rings is 2. The molecule has 0 saturated heterocycles. The van der Waals surface area contributed by atoms with Gasteiger partial charge in [-0.1, -0.05) is 363 Å². The molecule has 0 spiro atoms. The highest BCUT2D eigenvalue weighted by atomic mass is 32.1. The summed E-state index contributed by atoms with van der Waals surface area (Å²) in [5.41, 5.74) is 39.5. The van der Waals surface area contributed by atoms with Crippen LogP contribution in [0.5, 0.6) is 0 Å². The van der Waals surface area contributed by atoms with Crippen molar-refractivity contribution < 1.29 is 8.83 Å². The van der Waals surface area contributed by atoms with Gasteiger partial charge in [0.2, 0.25) is 0 Å². The molecule has 652 valence electrons. The highest BCUT2D eigenvalue weighted by Crippen LogP contribution is 2.60. The maximum absolute atomic E-state index is 6.32. The summed E-state index contributed by atoms with van der Waals surface area (Å²) in [6.07, 6.45) is 0. The minimum absolute atomic E-state index is 0.0190. The third kappa shape index (κ3) is 13.9. The predicted octanol–water partition coefficient (Wildman–Crippen LogP) is 37.5. The molecule has 3 heterocycles. The number of para-hydroxylation sites is 4. The average molecular weight is 1780 g/mol. The normalized spacial score (nSPS) is 13.2. The van der Waals surface area contributed by atoms with Crippen LogP contribution in [0.4, 0.5) is 51.2 Å². The molecule has 24 aromatic rings. The largest absolute Gasteiger partial charge is 0.456 e. The van der Waals surface area contributed by atoms with Crippen LogP contribution in [0.1, 0.15) is 74.9 Å². The number of hydrogen-bond donors (Lipinski definition) is 0. The number of rotatable bonds is 13. The van der Waals surface area contributed by atoms with Crippen molar-refractivity contribution in [2.24, 2.45) is 0 Å². The van der Waals surface area contributed by atoms with Crippen LogP contribution in [0.25, 0.3) is 163 Å². The molecule has 0 saturated carbocycles. The number of fused-ring (bicyclic) bond motifs is 23. The molecule has 0 unspecified atom stereocenters. The zero-order valence-electron chi connectivity index (χ0n) is 77.0. The van der Waals surface area contributed by atoms with E-state index in [9.17, 15) is 0 Å². The Morgan fingerprint density at radius 3 is 1.04 bits per heavy atom. The molecule has 3 aromatic heterocycles. The highest BCUT2D eigenvalue weighted by Gasteiger charge is 2.42. The van der Waals surface area contributed by atoms with Crippen molar-refractivity contribution in [3.05, 3.63) is 500 Å². The Balaban J connectivity index is 0.000000109. The minimum Gasteiger partial charge on any atom is -0.456 e. The minimum atomic E-state index is -0.215. The summed E-state index contributed by atoms with van der Waals surface area (Å²) in [7, 11) is 0. The van der Waals surface area contributed by atoms with E-state index in [-0.39, 0.29) is 16.2 Å². The predicted molar refractivity (Wildman–Crippen MR) is 580 cm³/mol. The van der Waals surface area contributed by atoms with Gasteiger partial charge in [-0.3, -0.25) is 0 Å². The molecule has 0 amide bonds. The first-order valence-corrected chi connectivity index (χ1v) is 48.3. The third-order valence-electron chi connectivity index (χ3n) is 29.1. The van der Waals surface area contributed by atoms with Crippen LogP contribution in [0.15, 0.2) is 476 Å². The maximum Gasteiger partial charge on any atom is 0.135 e. The Morgan fingerprint density at radius 2 is 0.562 bits per heavy atom. The van der Waals surface area contributed by atoms with Crippen LogP contribution in [0.3, 0.4) is 0 Å². The van der Waals surface area contributed by atoms with E-state index in [1.54, 1.807) is 0 Å². The van der Waals surface area contributed by atoms with Gasteiger partial charge in [0, 0.05) is 98.8 Å². The maximum atomic E-state index is 6.32. The fourth-order valence-electron chi connectivity index (χ4n) is 22.4. The van der Waals surface area contributed by atoms with Crippen LogP contribution < -0.4 is 14.7 Å². The molecule has 5 nitrogen and oxygen atoms in total. The number of anilines is 9. The number of thiophene rings is 1. The van der Waals surface area contributed by atoms with Gasteiger partial charge in [-0.15, -0.1) is 11.3 Å². The molecule has 0 fully saturated rings. The summed E-state index contributed by atoms with van der Waals surface area (Å²) in [6.45, 7) is 14.2. The molecule has 0 aliphatic heterocycles. The Kier molecular flexibility index (Phi) is 19.8. The summed E-state index contributed by atoms with van der Waals surface area (Å²) < 4.78 is 15.3. The van der Waals surface area contributed by atoms with Crippen LogP contribution in [0, 0.1) is 0 Å². The molecule has 0 radical (unpaired) electrons. The van der Waals surface area contributed by atoms with Gasteiger partial charge < -0.3 is 23.5 Å². The second kappa shape index (κ2) is 32.9. The van der Waals surface area contributed by atoms with Crippen LogP contribution in [0.2, 0.25) is 0 Å². The molecule has 137 heavy (non-hydrogen) atoms. The van der Waals surface area contributed by atoms with E-state index in [2.05, 4.69) is 511 Å². The first-order valence-electron chi connectivity index (χ1n) is 47.5. The summed E-state index contributed by atoms with van der Waals surface area (Å²) >= 11 is 1.91. The molecule has 27 rings (SSSR count). The first-order chi connectivity index (χ1) is 67.2.